The van der Waals surface area contributed by atoms with Gasteiger partial charge in [0.2, 0.25) is 0 Å². The van der Waals surface area contributed by atoms with Gasteiger partial charge in [0.15, 0.2) is 0 Å². The van der Waals surface area contributed by atoms with E-state index in [1.54, 1.807) is 6.33 Å². The van der Waals surface area contributed by atoms with E-state index in [0.717, 1.165) is 31.8 Å². The zero-order chi connectivity index (χ0) is 11.2. The fourth-order valence-electron chi connectivity index (χ4n) is 1.63. The number of hydrogen-bond acceptors (Lipinski definition) is 3. The molecular formula is C11H17N5. The lowest BCUT2D eigenvalue weighted by molar-refractivity contribution is 0.618. The zero-order valence-electron chi connectivity index (χ0n) is 9.48. The molecule has 16 heavy (non-hydrogen) atoms. The maximum atomic E-state index is 4.08. The molecule has 0 unspecified atom stereocenters. The summed E-state index contributed by atoms with van der Waals surface area (Å²) in [5, 5.41) is 10.1. The summed E-state index contributed by atoms with van der Waals surface area (Å²) in [6.07, 6.45) is 5.62. The third-order valence-corrected chi connectivity index (χ3v) is 2.59. The van der Waals surface area contributed by atoms with Crippen LogP contribution in [-0.2, 0) is 20.0 Å². The topological polar surface area (TPSA) is 58.5 Å². The van der Waals surface area contributed by atoms with Gasteiger partial charge in [-0.25, -0.2) is 4.98 Å². The van der Waals surface area contributed by atoms with Gasteiger partial charge in [0.1, 0.15) is 12.2 Å². The minimum Gasteiger partial charge on any atom is -0.353 e. The average Bonchev–Trinajstić information content (AvgIpc) is 2.90. The number of hydrogen-bond donors (Lipinski definition) is 2. The van der Waals surface area contributed by atoms with Crippen molar-refractivity contribution in [2.24, 2.45) is 7.05 Å². The number of H-pyrrole nitrogens is 1. The molecule has 0 aromatic carbocycles. The molecule has 0 fully saturated rings. The molecular weight excluding hydrogens is 202 g/mol. The van der Waals surface area contributed by atoms with Gasteiger partial charge in [-0.05, 0) is 25.1 Å². The SMILES string of the molecule is Cn1cccc1CNCCCc1ncn[nH]1. The summed E-state index contributed by atoms with van der Waals surface area (Å²) in [5.74, 6) is 0.959. The van der Waals surface area contributed by atoms with Crippen LogP contribution in [-0.4, -0.2) is 26.3 Å². The number of aryl methyl sites for hydroxylation is 2. The lowest BCUT2D eigenvalue weighted by Gasteiger charge is -2.05. The Morgan fingerprint density at radius 2 is 2.44 bits per heavy atom. The van der Waals surface area contributed by atoms with Crippen molar-refractivity contribution in [3.05, 3.63) is 36.2 Å². The molecule has 0 saturated heterocycles. The van der Waals surface area contributed by atoms with Crippen LogP contribution in [0.4, 0.5) is 0 Å². The highest BCUT2D eigenvalue weighted by Crippen LogP contribution is 1.98. The maximum Gasteiger partial charge on any atom is 0.137 e. The molecule has 5 heteroatoms. The monoisotopic (exact) mass is 219 g/mol. The first-order valence-corrected chi connectivity index (χ1v) is 5.51. The average molecular weight is 219 g/mol. The van der Waals surface area contributed by atoms with Crippen molar-refractivity contribution in [2.45, 2.75) is 19.4 Å². The van der Waals surface area contributed by atoms with Crippen LogP contribution in [0.1, 0.15) is 17.9 Å². The minimum atomic E-state index is 0.917. The second-order valence-electron chi connectivity index (χ2n) is 3.82. The number of nitrogens with one attached hydrogen (secondary N) is 2. The van der Waals surface area contributed by atoms with Gasteiger partial charge in [-0.2, -0.15) is 5.10 Å². The quantitative estimate of drug-likeness (QED) is 0.709. The van der Waals surface area contributed by atoms with Gasteiger partial charge < -0.3 is 9.88 Å². The van der Waals surface area contributed by atoms with E-state index in [9.17, 15) is 0 Å². The first-order valence-electron chi connectivity index (χ1n) is 5.51. The van der Waals surface area contributed by atoms with Crippen molar-refractivity contribution < 1.29 is 0 Å². The predicted molar refractivity (Wildman–Crippen MR) is 61.8 cm³/mol. The van der Waals surface area contributed by atoms with E-state index in [-0.39, 0.29) is 0 Å². The van der Waals surface area contributed by atoms with E-state index in [1.807, 2.05) is 0 Å². The molecule has 0 spiro atoms. The van der Waals surface area contributed by atoms with Crippen LogP contribution >= 0.6 is 0 Å². The molecule has 2 heterocycles. The number of rotatable bonds is 6. The van der Waals surface area contributed by atoms with Crippen molar-refractivity contribution in [1.82, 2.24) is 25.1 Å². The Morgan fingerprint density at radius 1 is 1.50 bits per heavy atom. The van der Waals surface area contributed by atoms with Crippen LogP contribution in [0.2, 0.25) is 0 Å². The number of nitrogens with zero attached hydrogens (tertiary/aromatic N) is 3. The van der Waals surface area contributed by atoms with Crippen molar-refractivity contribution in [1.29, 1.82) is 0 Å². The van der Waals surface area contributed by atoms with E-state index in [4.69, 9.17) is 0 Å². The molecule has 0 aliphatic carbocycles. The van der Waals surface area contributed by atoms with Crippen molar-refractivity contribution in [2.75, 3.05) is 6.54 Å². The lowest BCUT2D eigenvalue weighted by Crippen LogP contribution is -2.17. The van der Waals surface area contributed by atoms with E-state index >= 15 is 0 Å². The summed E-state index contributed by atoms with van der Waals surface area (Å²) >= 11 is 0. The van der Waals surface area contributed by atoms with Crippen molar-refractivity contribution in [3.8, 4) is 0 Å². The highest BCUT2D eigenvalue weighted by Gasteiger charge is 1.97. The fourth-order valence-corrected chi connectivity index (χ4v) is 1.63. The third-order valence-electron chi connectivity index (χ3n) is 2.59. The molecule has 86 valence electrons. The normalized spacial score (nSPS) is 10.8. The van der Waals surface area contributed by atoms with Crippen LogP contribution in [0.3, 0.4) is 0 Å². The highest BCUT2D eigenvalue weighted by molar-refractivity contribution is 5.05. The zero-order valence-corrected chi connectivity index (χ0v) is 9.48. The summed E-state index contributed by atoms with van der Waals surface area (Å²) in [6.45, 7) is 1.91. The molecule has 0 amide bonds. The Labute approximate surface area is 94.9 Å². The van der Waals surface area contributed by atoms with Gasteiger partial charge in [0.05, 0.1) is 0 Å². The minimum absolute atomic E-state index is 0.917. The number of aromatic amines is 1. The van der Waals surface area contributed by atoms with Gasteiger partial charge in [-0.1, -0.05) is 0 Å². The smallest absolute Gasteiger partial charge is 0.137 e. The first kappa shape index (κ1) is 10.9. The Kier molecular flexibility index (Phi) is 3.71. The standard InChI is InChI=1S/C11H17N5/c1-16-7-3-4-10(16)8-12-6-2-5-11-13-9-14-15-11/h3-4,7,9,12H,2,5-6,8H2,1H3,(H,13,14,15). The largest absolute Gasteiger partial charge is 0.353 e. The predicted octanol–water partition coefficient (Wildman–Crippen LogP) is 0.866. The molecule has 0 saturated carbocycles. The van der Waals surface area contributed by atoms with Gasteiger partial charge in [-0.15, -0.1) is 0 Å². The molecule has 2 aromatic rings. The van der Waals surface area contributed by atoms with E-state index in [0.29, 0.717) is 0 Å². The highest BCUT2D eigenvalue weighted by atomic mass is 15.2. The Hall–Kier alpha value is -1.62. The lowest BCUT2D eigenvalue weighted by atomic mass is 10.3. The van der Waals surface area contributed by atoms with Gasteiger partial charge in [-0.3, -0.25) is 5.10 Å². The second-order valence-corrected chi connectivity index (χ2v) is 3.82. The molecule has 2 rings (SSSR count). The van der Waals surface area contributed by atoms with Crippen molar-refractivity contribution >= 4 is 0 Å². The Morgan fingerprint density at radius 3 is 3.12 bits per heavy atom. The van der Waals surface area contributed by atoms with Crippen molar-refractivity contribution in [3.63, 3.8) is 0 Å². The molecule has 2 aromatic heterocycles. The van der Waals surface area contributed by atoms with E-state index in [1.165, 1.54) is 5.69 Å². The molecule has 0 bridgehead atoms. The van der Waals surface area contributed by atoms with Crippen LogP contribution in [0.15, 0.2) is 24.7 Å². The Balaban J connectivity index is 1.61. The Bertz CT molecular complexity index is 404. The summed E-state index contributed by atoms with van der Waals surface area (Å²) < 4.78 is 2.13. The first-order chi connectivity index (χ1) is 7.86. The van der Waals surface area contributed by atoms with Gasteiger partial charge in [0, 0.05) is 31.9 Å². The van der Waals surface area contributed by atoms with Gasteiger partial charge >= 0.3 is 0 Å². The number of aromatic nitrogens is 4. The summed E-state index contributed by atoms with van der Waals surface area (Å²) in [4.78, 5) is 4.08. The molecule has 0 radical (unpaired) electrons. The van der Waals surface area contributed by atoms with E-state index < -0.39 is 0 Å². The van der Waals surface area contributed by atoms with Crippen LogP contribution in [0.25, 0.3) is 0 Å². The summed E-state index contributed by atoms with van der Waals surface area (Å²) in [5.41, 5.74) is 1.31. The van der Waals surface area contributed by atoms with E-state index in [2.05, 4.69) is 50.4 Å². The maximum absolute atomic E-state index is 4.08. The molecule has 0 aliphatic heterocycles. The fraction of sp³-hybridized carbons (Fsp3) is 0.455. The van der Waals surface area contributed by atoms with Crippen LogP contribution < -0.4 is 5.32 Å². The van der Waals surface area contributed by atoms with Gasteiger partial charge in [0.25, 0.3) is 0 Å². The molecule has 2 N–H and O–H groups in total. The molecule has 0 atom stereocenters. The summed E-state index contributed by atoms with van der Waals surface area (Å²) in [7, 11) is 2.06. The second kappa shape index (κ2) is 5.46. The van der Waals surface area contributed by atoms with Crippen LogP contribution in [0, 0.1) is 0 Å². The third kappa shape index (κ3) is 2.93. The molecule has 5 nitrogen and oxygen atoms in total. The summed E-state index contributed by atoms with van der Waals surface area (Å²) in [6, 6.07) is 4.19. The van der Waals surface area contributed by atoms with Crippen LogP contribution in [0.5, 0.6) is 0 Å². The molecule has 0 aliphatic rings.